The van der Waals surface area contributed by atoms with Gasteiger partial charge in [-0.15, -0.1) is 0 Å². The van der Waals surface area contributed by atoms with Crippen molar-refractivity contribution in [1.82, 2.24) is 31.5 Å². The predicted octanol–water partition coefficient (Wildman–Crippen LogP) is 2.00. The Labute approximate surface area is 412 Å². The molecule has 1 saturated carbocycles. The lowest BCUT2D eigenvalue weighted by Gasteiger charge is -2.52. The van der Waals surface area contributed by atoms with Crippen LogP contribution in [0.2, 0.25) is 0 Å². The Kier molecular flexibility index (Phi) is 21.4. The van der Waals surface area contributed by atoms with Gasteiger partial charge in [-0.25, -0.2) is 19.2 Å². The lowest BCUT2D eigenvalue weighted by molar-refractivity contribution is -0.305. The largest absolute Gasteiger partial charge is 0.492 e. The molecule has 1 aliphatic carbocycles. The minimum absolute atomic E-state index is 0.000400. The van der Waals surface area contributed by atoms with Gasteiger partial charge in [0.15, 0.2) is 6.29 Å². The van der Waals surface area contributed by atoms with E-state index in [0.29, 0.717) is 38.1 Å². The summed E-state index contributed by atoms with van der Waals surface area (Å²) in [5.74, 6) is -1.59. The lowest BCUT2D eigenvalue weighted by atomic mass is 9.72. The van der Waals surface area contributed by atoms with Crippen LogP contribution in [0.5, 0.6) is 0 Å². The summed E-state index contributed by atoms with van der Waals surface area (Å²) in [4.78, 5) is 66.3. The van der Waals surface area contributed by atoms with E-state index in [2.05, 4.69) is 26.6 Å². The first-order valence-electron chi connectivity index (χ1n) is 24.1. The van der Waals surface area contributed by atoms with E-state index in [4.69, 9.17) is 38.9 Å². The van der Waals surface area contributed by atoms with Gasteiger partial charge < -0.3 is 90.8 Å². The van der Waals surface area contributed by atoms with Crippen molar-refractivity contribution in [2.45, 2.75) is 211 Å². The number of aliphatic hydroxyl groups is 4. The number of aliphatic hydroxyl groups excluding tert-OH is 3. The smallest absolute Gasteiger partial charge is 0.410 e. The first-order chi connectivity index (χ1) is 32.1. The molecule has 1 unspecified atom stereocenters. The van der Waals surface area contributed by atoms with E-state index in [0.717, 1.165) is 4.90 Å². The van der Waals surface area contributed by atoms with Crippen LogP contribution in [-0.2, 0) is 38.0 Å². The number of unbranched alkanes of at least 4 members (excludes halogenated alkanes) is 1. The number of carbonyl (C=O) groups excluding carboxylic acids is 5. The molecular formula is C47H85N7O16. The van der Waals surface area contributed by atoms with Crippen molar-refractivity contribution in [2.24, 2.45) is 11.7 Å². The number of nitrogens with two attached hydrogens (primary N) is 1. The van der Waals surface area contributed by atoms with Crippen LogP contribution >= 0.6 is 0 Å². The fourth-order valence-corrected chi connectivity index (χ4v) is 8.39. The molecule has 2 aliphatic heterocycles. The molecule has 2 fully saturated rings. The number of nitrogens with one attached hydrogen (secondary N) is 5. The number of hydrogen-bond acceptors (Lipinski definition) is 18. The van der Waals surface area contributed by atoms with Gasteiger partial charge in [0, 0.05) is 38.1 Å². The zero-order valence-electron chi connectivity index (χ0n) is 43.7. The van der Waals surface area contributed by atoms with E-state index in [1.165, 1.54) is 14.0 Å². The maximum absolute atomic E-state index is 13.9. The summed E-state index contributed by atoms with van der Waals surface area (Å²) >= 11 is 0. The van der Waals surface area contributed by atoms with E-state index in [1.807, 2.05) is 6.08 Å². The molecule has 0 spiro atoms. The Balaban J connectivity index is 2.04. The summed E-state index contributed by atoms with van der Waals surface area (Å²) in [5.41, 5.74) is 0.951. The van der Waals surface area contributed by atoms with Crippen molar-refractivity contribution in [2.75, 3.05) is 39.8 Å². The maximum atomic E-state index is 13.9. The van der Waals surface area contributed by atoms with E-state index in [9.17, 15) is 44.4 Å². The molecule has 70 heavy (non-hydrogen) atoms. The summed E-state index contributed by atoms with van der Waals surface area (Å²) in [5, 5.41) is 61.7. The van der Waals surface area contributed by atoms with Crippen LogP contribution in [0.4, 0.5) is 19.2 Å². The van der Waals surface area contributed by atoms with E-state index < -0.39 is 132 Å². The topological polar surface area (TPSA) is 320 Å². The minimum atomic E-state index is -1.84. The fourth-order valence-electron chi connectivity index (χ4n) is 8.39. The van der Waals surface area contributed by atoms with Crippen molar-refractivity contribution in [3.8, 4) is 0 Å². The van der Waals surface area contributed by atoms with Gasteiger partial charge in [0.25, 0.3) is 0 Å². The number of hydrogen-bond donors (Lipinski definition) is 10. The number of amides is 5. The number of alkyl carbamates (subject to hydrolysis) is 3. The highest BCUT2D eigenvalue weighted by Gasteiger charge is 2.56. The average molecular weight is 1000 g/mol. The summed E-state index contributed by atoms with van der Waals surface area (Å²) in [6.45, 7) is 21.9. The molecule has 2 heterocycles. The van der Waals surface area contributed by atoms with Gasteiger partial charge in [0.1, 0.15) is 58.2 Å². The molecule has 0 aromatic carbocycles. The third-order valence-electron chi connectivity index (χ3n) is 11.2. The van der Waals surface area contributed by atoms with Crippen LogP contribution in [0.3, 0.4) is 0 Å². The molecule has 3 rings (SSSR count). The summed E-state index contributed by atoms with van der Waals surface area (Å²) < 4.78 is 40.7. The Morgan fingerprint density at radius 2 is 1.33 bits per heavy atom. The molecular weight excluding hydrogens is 919 g/mol. The molecule has 5 amide bonds. The van der Waals surface area contributed by atoms with Crippen LogP contribution in [0.15, 0.2) is 11.8 Å². The van der Waals surface area contributed by atoms with Crippen molar-refractivity contribution < 1.29 is 77.6 Å². The number of nitrogens with zero attached hydrogens (tertiary/aromatic N) is 1. The molecule has 0 aromatic heterocycles. The second-order valence-corrected chi connectivity index (χ2v) is 22.5. The number of ether oxygens (including phenoxy) is 7. The molecule has 3 aliphatic rings. The minimum Gasteiger partial charge on any atom is -0.492 e. The van der Waals surface area contributed by atoms with Gasteiger partial charge in [-0.2, -0.15) is 0 Å². The first-order valence-corrected chi connectivity index (χ1v) is 24.1. The molecule has 12 atom stereocenters. The normalized spacial score (nSPS) is 29.0. The first kappa shape index (κ1) is 60.1. The molecule has 11 N–H and O–H groups in total. The van der Waals surface area contributed by atoms with Gasteiger partial charge >= 0.3 is 24.4 Å². The molecule has 23 nitrogen and oxygen atoms in total. The van der Waals surface area contributed by atoms with Crippen molar-refractivity contribution in [1.29, 1.82) is 0 Å². The van der Waals surface area contributed by atoms with Crippen LogP contribution in [-0.4, -0.2) is 184 Å². The van der Waals surface area contributed by atoms with E-state index >= 15 is 0 Å². The third kappa shape index (κ3) is 19.4. The van der Waals surface area contributed by atoms with Crippen molar-refractivity contribution >= 4 is 30.3 Å². The van der Waals surface area contributed by atoms with Gasteiger partial charge in [0.05, 0.1) is 31.3 Å². The zero-order valence-corrected chi connectivity index (χ0v) is 43.7. The van der Waals surface area contributed by atoms with Gasteiger partial charge in [-0.05, 0) is 135 Å². The van der Waals surface area contributed by atoms with Gasteiger partial charge in [-0.1, -0.05) is 0 Å². The van der Waals surface area contributed by atoms with Gasteiger partial charge in [0.2, 0.25) is 5.91 Å². The lowest BCUT2D eigenvalue weighted by Crippen LogP contribution is -2.71. The summed E-state index contributed by atoms with van der Waals surface area (Å²) in [6, 6.07) is -4.17. The van der Waals surface area contributed by atoms with E-state index in [1.54, 1.807) is 83.1 Å². The number of carbonyl (C=O) groups is 5. The highest BCUT2D eigenvalue weighted by Crippen LogP contribution is 2.39. The predicted molar refractivity (Wildman–Crippen MR) is 255 cm³/mol. The number of likely N-dealkylation sites (N-methyl/N-ethyl adjacent to an activating group) is 1. The highest BCUT2D eigenvalue weighted by molar-refractivity contribution is 5.81. The molecule has 0 radical (unpaired) electrons. The quantitative estimate of drug-likeness (QED) is 0.0736. The summed E-state index contributed by atoms with van der Waals surface area (Å²) in [6.07, 6.45) is -9.26. The maximum Gasteiger partial charge on any atom is 0.410 e. The Bertz CT molecular complexity index is 1770. The van der Waals surface area contributed by atoms with Crippen molar-refractivity contribution in [3.63, 3.8) is 0 Å². The molecule has 1 saturated heterocycles. The Hall–Kier alpha value is -4.23. The Morgan fingerprint density at radius 1 is 0.786 bits per heavy atom. The zero-order chi connectivity index (χ0) is 53.2. The highest BCUT2D eigenvalue weighted by atomic mass is 16.7. The van der Waals surface area contributed by atoms with Crippen LogP contribution < -0.4 is 32.3 Å². The second kappa shape index (κ2) is 24.9. The van der Waals surface area contributed by atoms with E-state index in [-0.39, 0.29) is 25.9 Å². The van der Waals surface area contributed by atoms with Crippen LogP contribution in [0.1, 0.15) is 122 Å². The van der Waals surface area contributed by atoms with Crippen LogP contribution in [0.25, 0.3) is 0 Å². The standard InChI is InChI=1S/C47H85N7O16/c1-43(2,3)67-39(59)50-21-16-15-20-49-27-18-17-26(24-48)65-34(27)31-28(53-41(61)69-45(7,8)9)23-29(52-37(58)30(55)19-22-51-40(60)68-44(4,5)6)35(32(31)56)66-38-33(57)36(47(13,63)25-64-38)54(14)42(62)70-46(10,11)12/h17,27-36,38,49,55-57,63H,15-16,18-25,48H2,1-14H3,(H,50,59)(H,51,60)(H,52,58)(H,53,61)/t27-,28+,29-,30+,31?,32+,33-,34+,35+,36-,38-,47+/m1/s1. The fraction of sp³-hybridized carbons (Fsp3) is 0.851. The molecule has 23 heteroatoms. The number of rotatable bonds is 17. The monoisotopic (exact) mass is 1000 g/mol. The van der Waals surface area contributed by atoms with Crippen LogP contribution in [0, 0.1) is 5.92 Å². The third-order valence-corrected chi connectivity index (χ3v) is 11.2. The molecule has 0 bridgehead atoms. The van der Waals surface area contributed by atoms with Gasteiger partial charge in [-0.3, -0.25) is 4.79 Å². The molecule has 0 aromatic rings. The SMILES string of the molecule is CN(C(=O)OC(C)(C)C)[C@@H]1[C@@H](O)[C@@H](O[C@H]2[C@H](NC(=O)[C@@H](O)CCNC(=O)OC(C)(C)C)C[C@H](NC(=O)OC(C)(C)C)C([C@H]3OC(CN)=CC[C@H]3NCCCCNC(=O)OC(C)(C)C)[C@@H]2O)OC[C@]1(C)O. The average Bonchev–Trinajstić information content (AvgIpc) is 3.18. The molecule has 404 valence electrons. The Morgan fingerprint density at radius 3 is 1.89 bits per heavy atom. The van der Waals surface area contributed by atoms with Crippen molar-refractivity contribution in [3.05, 3.63) is 11.8 Å². The summed E-state index contributed by atoms with van der Waals surface area (Å²) in [7, 11) is 1.34. The second-order valence-electron chi connectivity index (χ2n) is 22.5.